The van der Waals surface area contributed by atoms with E-state index >= 15 is 0 Å². The molecular formula is C14H24N4O2. The summed E-state index contributed by atoms with van der Waals surface area (Å²) in [6.07, 6.45) is 5.94. The number of carbonyl (C=O) groups excluding carboxylic acids is 1. The molecule has 1 fully saturated rings. The minimum absolute atomic E-state index is 0.137. The van der Waals surface area contributed by atoms with Crippen LogP contribution in [-0.2, 0) is 23.0 Å². The van der Waals surface area contributed by atoms with Crippen molar-refractivity contribution < 1.29 is 9.53 Å². The molecule has 0 saturated carbocycles. The number of ether oxygens (including phenoxy) is 1. The molecule has 0 unspecified atom stereocenters. The lowest BCUT2D eigenvalue weighted by Gasteiger charge is -2.27. The van der Waals surface area contributed by atoms with E-state index in [0.29, 0.717) is 6.54 Å². The molecule has 2 heterocycles. The summed E-state index contributed by atoms with van der Waals surface area (Å²) < 4.78 is 7.39. The van der Waals surface area contributed by atoms with Gasteiger partial charge >= 0.3 is 0 Å². The number of rotatable bonds is 5. The van der Waals surface area contributed by atoms with Crippen LogP contribution in [0.2, 0.25) is 0 Å². The SMILES string of the molecule is CO[C@H]1CCN(CC(=O)N(C)C)[C@H]1Cc1cnn(C)c1. The first-order chi connectivity index (χ1) is 9.51. The molecule has 0 bridgehead atoms. The van der Waals surface area contributed by atoms with Gasteiger partial charge in [-0.2, -0.15) is 5.10 Å². The van der Waals surface area contributed by atoms with Gasteiger partial charge < -0.3 is 9.64 Å². The lowest BCUT2D eigenvalue weighted by atomic mass is 10.0. The second-order valence-electron chi connectivity index (χ2n) is 5.62. The largest absolute Gasteiger partial charge is 0.380 e. The smallest absolute Gasteiger partial charge is 0.236 e. The molecule has 6 nitrogen and oxygen atoms in total. The molecule has 2 atom stereocenters. The highest BCUT2D eigenvalue weighted by molar-refractivity contribution is 5.77. The molecule has 1 aliphatic rings. The Kier molecular flexibility index (Phi) is 4.77. The van der Waals surface area contributed by atoms with Crippen molar-refractivity contribution in [1.29, 1.82) is 0 Å². The molecule has 20 heavy (non-hydrogen) atoms. The van der Waals surface area contributed by atoms with Crippen molar-refractivity contribution in [2.24, 2.45) is 7.05 Å². The molecule has 0 aliphatic carbocycles. The Morgan fingerprint density at radius 3 is 2.85 bits per heavy atom. The zero-order chi connectivity index (χ0) is 14.7. The van der Waals surface area contributed by atoms with Crippen LogP contribution < -0.4 is 0 Å². The molecule has 6 heteroatoms. The second kappa shape index (κ2) is 6.37. The number of carbonyl (C=O) groups is 1. The van der Waals surface area contributed by atoms with Crippen LogP contribution in [0.4, 0.5) is 0 Å². The van der Waals surface area contributed by atoms with Crippen LogP contribution in [0.25, 0.3) is 0 Å². The van der Waals surface area contributed by atoms with E-state index in [1.165, 1.54) is 5.56 Å². The van der Waals surface area contributed by atoms with Gasteiger partial charge in [0, 0.05) is 47.0 Å². The van der Waals surface area contributed by atoms with Crippen molar-refractivity contribution in [1.82, 2.24) is 19.6 Å². The predicted octanol–water partition coefficient (Wildman–Crippen LogP) is 0.140. The van der Waals surface area contributed by atoms with Crippen LogP contribution >= 0.6 is 0 Å². The number of methoxy groups -OCH3 is 1. The number of nitrogens with zero attached hydrogens (tertiary/aromatic N) is 4. The van der Waals surface area contributed by atoms with Crippen LogP contribution in [0.1, 0.15) is 12.0 Å². The molecule has 0 aromatic carbocycles. The summed E-state index contributed by atoms with van der Waals surface area (Å²) >= 11 is 0. The maximum absolute atomic E-state index is 11.9. The van der Waals surface area contributed by atoms with Gasteiger partial charge in [0.2, 0.25) is 5.91 Å². The van der Waals surface area contributed by atoms with Crippen LogP contribution in [0, 0.1) is 0 Å². The lowest BCUT2D eigenvalue weighted by Crippen LogP contribution is -2.43. The molecule has 112 valence electrons. The number of hydrogen-bond acceptors (Lipinski definition) is 4. The van der Waals surface area contributed by atoms with Gasteiger partial charge in [0.25, 0.3) is 0 Å². The van der Waals surface area contributed by atoms with Crippen molar-refractivity contribution in [3.8, 4) is 0 Å². The third-order valence-electron chi connectivity index (χ3n) is 3.94. The fraction of sp³-hybridized carbons (Fsp3) is 0.714. The van der Waals surface area contributed by atoms with Crippen LogP contribution in [0.5, 0.6) is 0 Å². The Balaban J connectivity index is 2.05. The fourth-order valence-corrected chi connectivity index (χ4v) is 2.75. The average Bonchev–Trinajstić information content (AvgIpc) is 2.97. The van der Waals surface area contributed by atoms with Gasteiger partial charge in [0.15, 0.2) is 0 Å². The zero-order valence-electron chi connectivity index (χ0n) is 12.7. The monoisotopic (exact) mass is 280 g/mol. The highest BCUT2D eigenvalue weighted by Gasteiger charge is 2.35. The third-order valence-corrected chi connectivity index (χ3v) is 3.94. The van der Waals surface area contributed by atoms with Crippen molar-refractivity contribution >= 4 is 5.91 Å². The van der Waals surface area contributed by atoms with Crippen molar-refractivity contribution in [3.05, 3.63) is 18.0 Å². The zero-order valence-corrected chi connectivity index (χ0v) is 12.7. The Labute approximate surface area is 120 Å². The minimum atomic E-state index is 0.137. The molecule has 0 radical (unpaired) electrons. The third kappa shape index (κ3) is 3.37. The van der Waals surface area contributed by atoms with Gasteiger partial charge in [0.05, 0.1) is 18.8 Å². The number of likely N-dealkylation sites (tertiary alicyclic amines) is 1. The van der Waals surface area contributed by atoms with Gasteiger partial charge in [-0.1, -0.05) is 0 Å². The predicted molar refractivity (Wildman–Crippen MR) is 76.4 cm³/mol. The van der Waals surface area contributed by atoms with E-state index in [4.69, 9.17) is 4.74 Å². The van der Waals surface area contributed by atoms with Crippen molar-refractivity contribution in [2.75, 3.05) is 34.3 Å². The first-order valence-electron chi connectivity index (χ1n) is 6.95. The maximum Gasteiger partial charge on any atom is 0.236 e. The van der Waals surface area contributed by atoms with E-state index in [2.05, 4.69) is 10.00 Å². The van der Waals surface area contributed by atoms with Crippen LogP contribution in [0.3, 0.4) is 0 Å². The molecule has 0 N–H and O–H groups in total. The van der Waals surface area contributed by atoms with Gasteiger partial charge in [-0.05, 0) is 18.4 Å². The van der Waals surface area contributed by atoms with Gasteiger partial charge in [-0.25, -0.2) is 0 Å². The van der Waals surface area contributed by atoms with Crippen LogP contribution in [0.15, 0.2) is 12.4 Å². The highest BCUT2D eigenvalue weighted by atomic mass is 16.5. The summed E-state index contributed by atoms with van der Waals surface area (Å²) in [6.45, 7) is 1.36. The topological polar surface area (TPSA) is 50.6 Å². The Morgan fingerprint density at radius 2 is 2.30 bits per heavy atom. The Morgan fingerprint density at radius 1 is 1.55 bits per heavy atom. The summed E-state index contributed by atoms with van der Waals surface area (Å²) in [5, 5.41) is 4.21. The highest BCUT2D eigenvalue weighted by Crippen LogP contribution is 2.23. The van der Waals surface area contributed by atoms with E-state index in [1.54, 1.807) is 30.8 Å². The summed E-state index contributed by atoms with van der Waals surface area (Å²) in [4.78, 5) is 15.8. The van der Waals surface area contributed by atoms with E-state index in [-0.39, 0.29) is 18.1 Å². The van der Waals surface area contributed by atoms with Crippen molar-refractivity contribution in [2.45, 2.75) is 25.0 Å². The summed E-state index contributed by atoms with van der Waals surface area (Å²) in [7, 11) is 7.25. The Hall–Kier alpha value is -1.40. The first kappa shape index (κ1) is 15.0. The van der Waals surface area contributed by atoms with E-state index in [1.807, 2.05) is 19.4 Å². The maximum atomic E-state index is 11.9. The summed E-state index contributed by atoms with van der Waals surface area (Å²) in [6, 6.07) is 0.244. The average molecular weight is 280 g/mol. The first-order valence-corrected chi connectivity index (χ1v) is 6.95. The number of aryl methyl sites for hydroxylation is 1. The standard InChI is InChI=1S/C14H24N4O2/c1-16(2)14(19)10-18-6-5-13(20-4)12(18)7-11-8-15-17(3)9-11/h8-9,12-13H,5-7,10H2,1-4H3/t12-,13-/m0/s1. The quantitative estimate of drug-likeness (QED) is 0.770. The number of aromatic nitrogens is 2. The molecule has 1 saturated heterocycles. The minimum Gasteiger partial charge on any atom is -0.380 e. The second-order valence-corrected chi connectivity index (χ2v) is 5.62. The number of hydrogen-bond donors (Lipinski definition) is 0. The van der Waals surface area contributed by atoms with Gasteiger partial charge in [-0.15, -0.1) is 0 Å². The molecular weight excluding hydrogens is 256 g/mol. The van der Waals surface area contributed by atoms with E-state index in [0.717, 1.165) is 19.4 Å². The normalized spacial score (nSPS) is 23.2. The Bertz CT molecular complexity index is 458. The summed E-state index contributed by atoms with van der Waals surface area (Å²) in [5.41, 5.74) is 1.18. The van der Waals surface area contributed by atoms with E-state index in [9.17, 15) is 4.79 Å². The van der Waals surface area contributed by atoms with Gasteiger partial charge in [0.1, 0.15) is 0 Å². The molecule has 1 aliphatic heterocycles. The van der Waals surface area contributed by atoms with Crippen molar-refractivity contribution in [3.63, 3.8) is 0 Å². The summed E-state index contributed by atoms with van der Waals surface area (Å²) in [5.74, 6) is 0.137. The lowest BCUT2D eigenvalue weighted by molar-refractivity contribution is -0.130. The fourth-order valence-electron chi connectivity index (χ4n) is 2.75. The van der Waals surface area contributed by atoms with Gasteiger partial charge in [-0.3, -0.25) is 14.4 Å². The number of amides is 1. The van der Waals surface area contributed by atoms with Crippen LogP contribution in [-0.4, -0.2) is 71.9 Å². The van der Waals surface area contributed by atoms with E-state index < -0.39 is 0 Å². The molecule has 2 rings (SSSR count). The number of likely N-dealkylation sites (N-methyl/N-ethyl adjacent to an activating group) is 1. The molecule has 1 aromatic rings. The molecule has 1 aromatic heterocycles. The molecule has 1 amide bonds. The molecule has 0 spiro atoms.